The van der Waals surface area contributed by atoms with Crippen LogP contribution >= 0.6 is 11.3 Å². The molecule has 1 N–H and O–H groups in total. The molecule has 1 aromatic rings. The van der Waals surface area contributed by atoms with Gasteiger partial charge in [-0.15, -0.1) is 11.3 Å². The molecule has 1 aromatic heterocycles. The molecule has 2 saturated heterocycles. The van der Waals surface area contributed by atoms with Gasteiger partial charge in [-0.25, -0.2) is 18.1 Å². The first-order valence-electron chi connectivity index (χ1n) is 7.24. The quantitative estimate of drug-likeness (QED) is 0.806. The molecule has 7 nitrogen and oxygen atoms in total. The van der Waals surface area contributed by atoms with Crippen LogP contribution in [-0.2, 0) is 26.1 Å². The maximum absolute atomic E-state index is 11.6. The second kappa shape index (κ2) is 6.50. The summed E-state index contributed by atoms with van der Waals surface area (Å²) >= 11 is 1.58. The number of hydrogen-bond acceptors (Lipinski definition) is 7. The smallest absolute Gasteiger partial charge is 0.209 e. The van der Waals surface area contributed by atoms with E-state index in [9.17, 15) is 8.42 Å². The molecule has 3 atom stereocenters. The highest BCUT2D eigenvalue weighted by atomic mass is 32.2. The molecular weight excluding hydrogens is 326 g/mol. The minimum atomic E-state index is -3.27. The lowest BCUT2D eigenvalue weighted by molar-refractivity contribution is -0.0530. The van der Waals surface area contributed by atoms with Crippen molar-refractivity contribution in [3.05, 3.63) is 16.1 Å². The summed E-state index contributed by atoms with van der Waals surface area (Å²) in [5, 5.41) is 2.97. The zero-order chi connectivity index (χ0) is 15.7. The second-order valence-electron chi connectivity index (χ2n) is 5.77. The fourth-order valence-corrected chi connectivity index (χ4v) is 4.43. The molecule has 0 aromatic carbocycles. The van der Waals surface area contributed by atoms with Crippen molar-refractivity contribution in [1.29, 1.82) is 0 Å². The lowest BCUT2D eigenvalue weighted by Gasteiger charge is -2.32. The van der Waals surface area contributed by atoms with Gasteiger partial charge in [-0.2, -0.15) is 0 Å². The second-order valence-corrected chi connectivity index (χ2v) is 8.61. The number of fused-ring (bicyclic) bond motifs is 1. The summed E-state index contributed by atoms with van der Waals surface area (Å²) in [5.41, 5.74) is 0.885. The number of nitrogens with zero attached hydrogens (tertiary/aromatic N) is 2. The minimum Gasteiger partial charge on any atom is -0.378 e. The van der Waals surface area contributed by atoms with Crippen LogP contribution in [0.1, 0.15) is 10.7 Å². The van der Waals surface area contributed by atoms with E-state index < -0.39 is 10.0 Å². The van der Waals surface area contributed by atoms with E-state index in [4.69, 9.17) is 9.47 Å². The zero-order valence-electron chi connectivity index (χ0n) is 12.7. The fourth-order valence-electron chi connectivity index (χ4n) is 3.07. The minimum absolute atomic E-state index is 0.0905. The van der Waals surface area contributed by atoms with Gasteiger partial charge >= 0.3 is 0 Å². The Morgan fingerprint density at radius 3 is 3.09 bits per heavy atom. The molecule has 0 aliphatic carbocycles. The highest BCUT2D eigenvalue weighted by Gasteiger charge is 2.45. The number of nitrogens with one attached hydrogen (secondary N) is 1. The molecular formula is C13H21N3O4S2. The van der Waals surface area contributed by atoms with E-state index in [2.05, 4.69) is 14.6 Å². The van der Waals surface area contributed by atoms with Gasteiger partial charge in [0.15, 0.2) is 0 Å². The van der Waals surface area contributed by atoms with Crippen LogP contribution in [0, 0.1) is 6.92 Å². The Morgan fingerprint density at radius 2 is 2.41 bits per heavy atom. The fraction of sp³-hybridized carbons (Fsp3) is 0.769. The van der Waals surface area contributed by atoms with E-state index in [1.54, 1.807) is 11.3 Å². The van der Waals surface area contributed by atoms with E-state index in [0.29, 0.717) is 26.4 Å². The molecule has 124 valence electrons. The largest absolute Gasteiger partial charge is 0.378 e. The Morgan fingerprint density at radius 1 is 1.59 bits per heavy atom. The van der Waals surface area contributed by atoms with Crippen LogP contribution in [0.15, 0.2) is 5.38 Å². The molecule has 3 rings (SSSR count). The molecule has 2 aliphatic heterocycles. The van der Waals surface area contributed by atoms with E-state index in [0.717, 1.165) is 17.2 Å². The van der Waals surface area contributed by atoms with Crippen LogP contribution < -0.4 is 4.72 Å². The lowest BCUT2D eigenvalue weighted by atomic mass is 10.1. The van der Waals surface area contributed by atoms with E-state index in [-0.39, 0.29) is 18.2 Å². The summed E-state index contributed by atoms with van der Waals surface area (Å²) in [6, 6.07) is -0.158. The molecule has 0 saturated carbocycles. The van der Waals surface area contributed by atoms with Gasteiger partial charge in [0.05, 0.1) is 55.0 Å². The van der Waals surface area contributed by atoms with Gasteiger partial charge in [-0.05, 0) is 6.92 Å². The Balaban J connectivity index is 1.70. The standard InChI is InChI=1S/C13H21N3O4S2/c1-9-14-10(8-21-9)6-20-13-11(15-22(2,17)18)5-16-3-4-19-7-12(13)16/h8,11-13,15H,3-7H2,1-2H3/t11-,12+,13+/m0/s1. The molecule has 2 fully saturated rings. The molecule has 0 amide bonds. The van der Waals surface area contributed by atoms with Crippen molar-refractivity contribution in [2.24, 2.45) is 0 Å². The normalized spacial score (nSPS) is 29.6. The maximum Gasteiger partial charge on any atom is 0.209 e. The highest BCUT2D eigenvalue weighted by Crippen LogP contribution is 2.25. The molecule has 0 bridgehead atoms. The van der Waals surface area contributed by atoms with Crippen molar-refractivity contribution in [2.75, 3.05) is 32.6 Å². The number of aryl methyl sites for hydroxylation is 1. The number of morpholine rings is 1. The van der Waals surface area contributed by atoms with Crippen molar-refractivity contribution in [3.8, 4) is 0 Å². The van der Waals surface area contributed by atoms with Crippen LogP contribution in [-0.4, -0.2) is 69.0 Å². The van der Waals surface area contributed by atoms with Gasteiger partial charge in [0.2, 0.25) is 10.0 Å². The average molecular weight is 347 g/mol. The van der Waals surface area contributed by atoms with Crippen LogP contribution in [0.4, 0.5) is 0 Å². The van der Waals surface area contributed by atoms with Gasteiger partial charge in [0, 0.05) is 18.5 Å². The molecule has 22 heavy (non-hydrogen) atoms. The third kappa shape index (κ3) is 3.84. The monoisotopic (exact) mass is 347 g/mol. The summed E-state index contributed by atoms with van der Waals surface area (Å²) in [5.74, 6) is 0. The van der Waals surface area contributed by atoms with E-state index in [1.807, 2.05) is 12.3 Å². The summed E-state index contributed by atoms with van der Waals surface area (Å²) < 4.78 is 37.4. The van der Waals surface area contributed by atoms with Gasteiger partial charge < -0.3 is 9.47 Å². The molecule has 0 unspecified atom stereocenters. The number of ether oxygens (including phenoxy) is 2. The number of sulfonamides is 1. The van der Waals surface area contributed by atoms with Gasteiger partial charge in [-0.1, -0.05) is 0 Å². The SMILES string of the molecule is Cc1nc(CO[C@@H]2[C@@H](NS(C)(=O)=O)CN3CCOC[C@H]23)cs1. The molecule has 9 heteroatoms. The lowest BCUT2D eigenvalue weighted by Crippen LogP contribution is -2.48. The summed E-state index contributed by atoms with van der Waals surface area (Å²) in [6.07, 6.45) is 0.957. The van der Waals surface area contributed by atoms with Crippen molar-refractivity contribution in [2.45, 2.75) is 31.7 Å². The summed E-state index contributed by atoms with van der Waals surface area (Å²) in [7, 11) is -3.27. The van der Waals surface area contributed by atoms with Gasteiger partial charge in [0.25, 0.3) is 0 Å². The summed E-state index contributed by atoms with van der Waals surface area (Å²) in [6.45, 7) is 5.06. The summed E-state index contributed by atoms with van der Waals surface area (Å²) in [4.78, 5) is 6.62. The van der Waals surface area contributed by atoms with Crippen LogP contribution in [0.3, 0.4) is 0 Å². The third-order valence-corrected chi connectivity index (χ3v) is 5.50. The Hall–Kier alpha value is -0.580. The Kier molecular flexibility index (Phi) is 4.81. The predicted octanol–water partition coefficient (Wildman–Crippen LogP) is -0.0311. The number of aromatic nitrogens is 1. The molecule has 3 heterocycles. The third-order valence-electron chi connectivity index (χ3n) is 3.94. The maximum atomic E-state index is 11.6. The molecule has 0 radical (unpaired) electrons. The van der Waals surface area contributed by atoms with Crippen LogP contribution in [0.2, 0.25) is 0 Å². The Bertz CT molecular complexity index is 619. The Labute approximate surface area is 134 Å². The van der Waals surface area contributed by atoms with Crippen molar-refractivity contribution >= 4 is 21.4 Å². The van der Waals surface area contributed by atoms with Crippen molar-refractivity contribution in [3.63, 3.8) is 0 Å². The first kappa shape index (κ1) is 16.3. The van der Waals surface area contributed by atoms with Gasteiger partial charge in [0.1, 0.15) is 0 Å². The first-order valence-corrected chi connectivity index (χ1v) is 10.0. The average Bonchev–Trinajstić information content (AvgIpc) is 2.98. The van der Waals surface area contributed by atoms with E-state index in [1.165, 1.54) is 6.26 Å². The predicted molar refractivity (Wildman–Crippen MR) is 83.4 cm³/mol. The van der Waals surface area contributed by atoms with Crippen LogP contribution in [0.5, 0.6) is 0 Å². The molecule has 0 spiro atoms. The van der Waals surface area contributed by atoms with Crippen molar-refractivity contribution < 1.29 is 17.9 Å². The van der Waals surface area contributed by atoms with E-state index >= 15 is 0 Å². The van der Waals surface area contributed by atoms with Crippen LogP contribution in [0.25, 0.3) is 0 Å². The first-order chi connectivity index (χ1) is 10.4. The number of thiazole rings is 1. The van der Waals surface area contributed by atoms with Crippen molar-refractivity contribution in [1.82, 2.24) is 14.6 Å². The number of rotatable bonds is 5. The zero-order valence-corrected chi connectivity index (χ0v) is 14.3. The highest BCUT2D eigenvalue weighted by molar-refractivity contribution is 7.88. The number of hydrogen-bond donors (Lipinski definition) is 1. The topological polar surface area (TPSA) is 80.8 Å². The molecule has 2 aliphatic rings. The van der Waals surface area contributed by atoms with Gasteiger partial charge in [-0.3, -0.25) is 4.90 Å².